The van der Waals surface area contributed by atoms with E-state index in [1.54, 1.807) is 0 Å². The standard InChI is InChI=1S/C11H14BrClN2/c1-8-10(13)5-3-7-15(8)11-9(12)4-2-6-14-11/h2,4,6,8,10H,3,5,7H2,1H3. The second kappa shape index (κ2) is 4.71. The summed E-state index contributed by atoms with van der Waals surface area (Å²) in [6, 6.07) is 4.31. The van der Waals surface area contributed by atoms with Crippen LogP contribution in [-0.2, 0) is 0 Å². The van der Waals surface area contributed by atoms with E-state index in [9.17, 15) is 0 Å². The van der Waals surface area contributed by atoms with E-state index in [0.29, 0.717) is 6.04 Å². The first kappa shape index (κ1) is 11.2. The molecule has 1 fully saturated rings. The van der Waals surface area contributed by atoms with Crippen molar-refractivity contribution in [3.05, 3.63) is 22.8 Å². The zero-order chi connectivity index (χ0) is 10.8. The van der Waals surface area contributed by atoms with Gasteiger partial charge >= 0.3 is 0 Å². The lowest BCUT2D eigenvalue weighted by atomic mass is 10.0. The maximum absolute atomic E-state index is 6.28. The lowest BCUT2D eigenvalue weighted by molar-refractivity contribution is 0.488. The second-order valence-electron chi connectivity index (χ2n) is 3.90. The van der Waals surface area contributed by atoms with Gasteiger partial charge in [-0.3, -0.25) is 0 Å². The minimum Gasteiger partial charge on any atom is -0.351 e. The van der Waals surface area contributed by atoms with Crippen LogP contribution in [0.2, 0.25) is 0 Å². The molecule has 2 unspecified atom stereocenters. The van der Waals surface area contributed by atoms with E-state index in [-0.39, 0.29) is 5.38 Å². The number of hydrogen-bond acceptors (Lipinski definition) is 2. The molecule has 1 saturated heterocycles. The van der Waals surface area contributed by atoms with Crippen molar-refractivity contribution >= 4 is 33.3 Å². The van der Waals surface area contributed by atoms with E-state index in [2.05, 4.69) is 32.7 Å². The molecule has 1 aliphatic heterocycles. The van der Waals surface area contributed by atoms with Crippen molar-refractivity contribution in [3.63, 3.8) is 0 Å². The van der Waals surface area contributed by atoms with Crippen molar-refractivity contribution in [3.8, 4) is 0 Å². The lowest BCUT2D eigenvalue weighted by Crippen LogP contribution is -2.44. The van der Waals surface area contributed by atoms with E-state index in [4.69, 9.17) is 11.6 Å². The lowest BCUT2D eigenvalue weighted by Gasteiger charge is -2.37. The molecule has 0 aliphatic carbocycles. The number of piperidine rings is 1. The Labute approximate surface area is 104 Å². The predicted octanol–water partition coefficient (Wildman–Crippen LogP) is 3.44. The van der Waals surface area contributed by atoms with Gasteiger partial charge in [-0.2, -0.15) is 0 Å². The first-order valence-corrected chi connectivity index (χ1v) is 6.44. The summed E-state index contributed by atoms with van der Waals surface area (Å²) in [7, 11) is 0. The Morgan fingerprint density at radius 3 is 3.13 bits per heavy atom. The monoisotopic (exact) mass is 288 g/mol. The van der Waals surface area contributed by atoms with Crippen molar-refractivity contribution in [2.24, 2.45) is 0 Å². The maximum Gasteiger partial charge on any atom is 0.143 e. The van der Waals surface area contributed by atoms with Crippen LogP contribution in [-0.4, -0.2) is 22.9 Å². The number of anilines is 1. The average molecular weight is 290 g/mol. The summed E-state index contributed by atoms with van der Waals surface area (Å²) in [4.78, 5) is 6.69. The van der Waals surface area contributed by atoms with Gasteiger partial charge in [-0.25, -0.2) is 4.98 Å². The van der Waals surface area contributed by atoms with E-state index in [1.165, 1.54) is 0 Å². The molecule has 1 aliphatic rings. The molecule has 0 saturated carbocycles. The van der Waals surface area contributed by atoms with Crippen LogP contribution in [0, 0.1) is 0 Å². The van der Waals surface area contributed by atoms with Crippen LogP contribution in [0.5, 0.6) is 0 Å². The molecule has 0 N–H and O–H groups in total. The normalized spacial score (nSPS) is 26.7. The number of halogens is 2. The highest BCUT2D eigenvalue weighted by molar-refractivity contribution is 9.10. The minimum atomic E-state index is 0.229. The van der Waals surface area contributed by atoms with Crippen molar-refractivity contribution in [1.29, 1.82) is 0 Å². The summed E-state index contributed by atoms with van der Waals surface area (Å²) in [6.45, 7) is 3.21. The molecule has 1 aromatic heterocycles. The molecule has 2 nitrogen and oxygen atoms in total. The number of pyridine rings is 1. The highest BCUT2D eigenvalue weighted by atomic mass is 79.9. The van der Waals surface area contributed by atoms with Gasteiger partial charge in [0.2, 0.25) is 0 Å². The van der Waals surface area contributed by atoms with E-state index in [1.807, 2.05) is 18.3 Å². The summed E-state index contributed by atoms with van der Waals surface area (Å²) in [5, 5.41) is 0.229. The molecule has 15 heavy (non-hydrogen) atoms. The summed E-state index contributed by atoms with van der Waals surface area (Å²) < 4.78 is 1.04. The molecule has 2 atom stereocenters. The fourth-order valence-electron chi connectivity index (χ4n) is 1.98. The van der Waals surface area contributed by atoms with Gasteiger partial charge in [0, 0.05) is 18.8 Å². The molecule has 0 amide bonds. The van der Waals surface area contributed by atoms with E-state index < -0.39 is 0 Å². The third-order valence-electron chi connectivity index (χ3n) is 2.91. The van der Waals surface area contributed by atoms with Crippen LogP contribution in [0.25, 0.3) is 0 Å². The highest BCUT2D eigenvalue weighted by Crippen LogP contribution is 2.30. The maximum atomic E-state index is 6.28. The summed E-state index contributed by atoms with van der Waals surface area (Å²) in [5.41, 5.74) is 0. The minimum absolute atomic E-state index is 0.229. The van der Waals surface area contributed by atoms with Gasteiger partial charge < -0.3 is 4.90 Å². The number of nitrogens with zero attached hydrogens (tertiary/aromatic N) is 2. The fraction of sp³-hybridized carbons (Fsp3) is 0.545. The van der Waals surface area contributed by atoms with Crippen LogP contribution in [0.3, 0.4) is 0 Å². The van der Waals surface area contributed by atoms with Crippen LogP contribution in [0.4, 0.5) is 5.82 Å². The summed E-state index contributed by atoms with van der Waals surface area (Å²) >= 11 is 9.81. The number of alkyl halides is 1. The van der Waals surface area contributed by atoms with E-state index >= 15 is 0 Å². The van der Waals surface area contributed by atoms with Gasteiger partial charge in [0.05, 0.1) is 9.85 Å². The Balaban J connectivity index is 2.26. The van der Waals surface area contributed by atoms with Crippen molar-refractivity contribution in [1.82, 2.24) is 4.98 Å². The molecule has 1 aromatic rings. The van der Waals surface area contributed by atoms with Crippen molar-refractivity contribution in [2.75, 3.05) is 11.4 Å². The van der Waals surface area contributed by atoms with E-state index in [0.717, 1.165) is 29.7 Å². The first-order valence-electron chi connectivity index (χ1n) is 5.21. The topological polar surface area (TPSA) is 16.1 Å². The Hall–Kier alpha value is -0.280. The number of rotatable bonds is 1. The molecule has 2 rings (SSSR count). The molecule has 0 aromatic carbocycles. The summed E-state index contributed by atoms with van der Waals surface area (Å²) in [5.74, 6) is 1.01. The Kier molecular flexibility index (Phi) is 3.52. The van der Waals surface area contributed by atoms with Crippen LogP contribution in [0.15, 0.2) is 22.8 Å². The molecule has 0 radical (unpaired) electrons. The quantitative estimate of drug-likeness (QED) is 0.736. The van der Waals surface area contributed by atoms with Gasteiger partial charge in [0.15, 0.2) is 0 Å². The van der Waals surface area contributed by atoms with Crippen LogP contribution in [0.1, 0.15) is 19.8 Å². The zero-order valence-electron chi connectivity index (χ0n) is 8.66. The zero-order valence-corrected chi connectivity index (χ0v) is 11.0. The number of hydrogen-bond donors (Lipinski definition) is 0. The van der Waals surface area contributed by atoms with Gasteiger partial charge in [-0.15, -0.1) is 11.6 Å². The predicted molar refractivity (Wildman–Crippen MR) is 67.6 cm³/mol. The Bertz CT molecular complexity index is 345. The summed E-state index contributed by atoms with van der Waals surface area (Å²) in [6.07, 6.45) is 4.07. The molecule has 4 heteroatoms. The van der Waals surface area contributed by atoms with Crippen molar-refractivity contribution < 1.29 is 0 Å². The average Bonchev–Trinajstić information content (AvgIpc) is 2.23. The van der Waals surface area contributed by atoms with Crippen LogP contribution < -0.4 is 4.90 Å². The molecule has 0 spiro atoms. The third kappa shape index (κ3) is 2.28. The van der Waals surface area contributed by atoms with Crippen LogP contribution >= 0.6 is 27.5 Å². The molecule has 0 bridgehead atoms. The smallest absolute Gasteiger partial charge is 0.143 e. The largest absolute Gasteiger partial charge is 0.351 e. The van der Waals surface area contributed by atoms with Gasteiger partial charge in [-0.05, 0) is 47.8 Å². The Morgan fingerprint density at radius 1 is 1.60 bits per heavy atom. The fourth-order valence-corrected chi connectivity index (χ4v) is 2.76. The highest BCUT2D eigenvalue weighted by Gasteiger charge is 2.27. The molecular weight excluding hydrogens is 275 g/mol. The van der Waals surface area contributed by atoms with Gasteiger partial charge in [0.25, 0.3) is 0 Å². The molecule has 82 valence electrons. The van der Waals surface area contributed by atoms with Gasteiger partial charge in [0.1, 0.15) is 5.82 Å². The molecular formula is C11H14BrClN2. The van der Waals surface area contributed by atoms with Gasteiger partial charge in [-0.1, -0.05) is 0 Å². The molecule has 2 heterocycles. The second-order valence-corrected chi connectivity index (χ2v) is 5.32. The third-order valence-corrected chi connectivity index (χ3v) is 4.11. The van der Waals surface area contributed by atoms with Crippen molar-refractivity contribution in [2.45, 2.75) is 31.2 Å². The Morgan fingerprint density at radius 2 is 2.40 bits per heavy atom. The number of aromatic nitrogens is 1. The SMILES string of the molecule is CC1C(Cl)CCCN1c1ncccc1Br. The first-order chi connectivity index (χ1) is 7.20.